The number of thiophene rings is 1. The Morgan fingerprint density at radius 1 is 0.278 bits per heavy atom. The summed E-state index contributed by atoms with van der Waals surface area (Å²) in [7, 11) is 0. The van der Waals surface area contributed by atoms with E-state index in [-0.39, 0.29) is 0 Å². The lowest BCUT2D eigenvalue weighted by molar-refractivity contribution is 1.28. The highest BCUT2D eigenvalue weighted by Gasteiger charge is 2.15. The second-order valence-electron chi connectivity index (χ2n) is 13.8. The van der Waals surface area contributed by atoms with E-state index in [4.69, 9.17) is 0 Å². The molecule has 10 rings (SSSR count). The van der Waals surface area contributed by atoms with Crippen LogP contribution in [0.15, 0.2) is 212 Å². The van der Waals surface area contributed by atoms with Gasteiger partial charge in [-0.1, -0.05) is 152 Å². The minimum atomic E-state index is 1.11. The van der Waals surface area contributed by atoms with Crippen molar-refractivity contribution in [1.29, 1.82) is 0 Å². The van der Waals surface area contributed by atoms with Crippen molar-refractivity contribution in [3.63, 3.8) is 0 Å². The summed E-state index contributed by atoms with van der Waals surface area (Å²) in [4.78, 5) is 2.35. The van der Waals surface area contributed by atoms with Gasteiger partial charge < -0.3 is 4.90 Å². The Labute approximate surface area is 319 Å². The molecular weight excluding hydrogens is 671 g/mol. The molecule has 0 saturated carbocycles. The average Bonchev–Trinajstić information content (AvgIpc) is 3.63. The molecule has 0 N–H and O–H groups in total. The van der Waals surface area contributed by atoms with Crippen LogP contribution in [0.3, 0.4) is 0 Å². The minimum absolute atomic E-state index is 1.11. The second-order valence-corrected chi connectivity index (χ2v) is 14.8. The zero-order valence-corrected chi connectivity index (χ0v) is 30.4. The number of anilines is 3. The number of rotatable bonds is 7. The van der Waals surface area contributed by atoms with Crippen molar-refractivity contribution in [3.8, 4) is 44.5 Å². The molecule has 0 aliphatic heterocycles. The summed E-state index contributed by atoms with van der Waals surface area (Å²) < 4.78 is 2.66. The van der Waals surface area contributed by atoms with Crippen LogP contribution in [0.5, 0.6) is 0 Å². The van der Waals surface area contributed by atoms with Gasteiger partial charge in [-0.2, -0.15) is 0 Å². The largest absolute Gasteiger partial charge is 0.311 e. The van der Waals surface area contributed by atoms with E-state index in [1.807, 2.05) is 11.3 Å². The van der Waals surface area contributed by atoms with Gasteiger partial charge in [0, 0.05) is 37.2 Å². The maximum atomic E-state index is 2.35. The maximum absolute atomic E-state index is 2.35. The van der Waals surface area contributed by atoms with Gasteiger partial charge in [0.05, 0.1) is 0 Å². The van der Waals surface area contributed by atoms with E-state index in [0.717, 1.165) is 17.1 Å². The maximum Gasteiger partial charge on any atom is 0.0462 e. The first-order valence-corrected chi connectivity index (χ1v) is 19.2. The zero-order valence-electron chi connectivity index (χ0n) is 29.6. The average molecular weight is 706 g/mol. The highest BCUT2D eigenvalue weighted by Crippen LogP contribution is 2.40. The van der Waals surface area contributed by atoms with E-state index in [1.54, 1.807) is 0 Å². The third-order valence-corrected chi connectivity index (χ3v) is 11.6. The molecule has 10 aromatic rings. The van der Waals surface area contributed by atoms with Crippen LogP contribution in [0.1, 0.15) is 0 Å². The van der Waals surface area contributed by atoms with Crippen molar-refractivity contribution in [2.24, 2.45) is 0 Å². The Balaban J connectivity index is 1.01. The lowest BCUT2D eigenvalue weighted by Crippen LogP contribution is -2.09. The predicted octanol–water partition coefficient (Wildman–Crippen LogP) is 15.3. The molecule has 0 atom stereocenters. The summed E-state index contributed by atoms with van der Waals surface area (Å²) in [5, 5.41) is 5.17. The third kappa shape index (κ3) is 5.93. The standard InChI is InChI=1S/C52H35NS/c1-2-10-36(11-3-1)37-20-27-44(28-21-37)53(46-31-24-39(25-32-46)42-26-33-52-50(35-42)49-17-6-7-19-51(49)54-52)45-29-22-38(23-30-45)41-14-8-15-43(34-41)48-18-9-13-40-12-4-5-16-47(40)48/h1-35H. The van der Waals surface area contributed by atoms with Crippen molar-refractivity contribution in [2.75, 3.05) is 4.90 Å². The minimum Gasteiger partial charge on any atom is -0.311 e. The predicted molar refractivity (Wildman–Crippen MR) is 233 cm³/mol. The summed E-state index contributed by atoms with van der Waals surface area (Å²) in [5.41, 5.74) is 13.0. The fourth-order valence-electron chi connectivity index (χ4n) is 7.74. The van der Waals surface area contributed by atoms with E-state index in [9.17, 15) is 0 Å². The molecule has 0 saturated heterocycles. The molecule has 9 aromatic carbocycles. The van der Waals surface area contributed by atoms with Crippen LogP contribution in [0.25, 0.3) is 75.5 Å². The molecule has 1 heterocycles. The fourth-order valence-corrected chi connectivity index (χ4v) is 8.82. The van der Waals surface area contributed by atoms with Gasteiger partial charge in [-0.3, -0.25) is 0 Å². The third-order valence-electron chi connectivity index (χ3n) is 10.5. The van der Waals surface area contributed by atoms with Gasteiger partial charge in [-0.15, -0.1) is 11.3 Å². The Bertz CT molecular complexity index is 2900. The van der Waals surface area contributed by atoms with Crippen molar-refractivity contribution >= 4 is 59.3 Å². The van der Waals surface area contributed by atoms with Gasteiger partial charge >= 0.3 is 0 Å². The van der Waals surface area contributed by atoms with Gasteiger partial charge in [0.1, 0.15) is 0 Å². The van der Waals surface area contributed by atoms with Crippen LogP contribution in [0, 0.1) is 0 Å². The monoisotopic (exact) mass is 705 g/mol. The Kier molecular flexibility index (Phi) is 8.09. The lowest BCUT2D eigenvalue weighted by atomic mass is 9.95. The van der Waals surface area contributed by atoms with Crippen LogP contribution in [-0.4, -0.2) is 0 Å². The molecule has 0 radical (unpaired) electrons. The quantitative estimate of drug-likeness (QED) is 0.160. The molecule has 1 nitrogen and oxygen atoms in total. The molecule has 54 heavy (non-hydrogen) atoms. The van der Waals surface area contributed by atoms with E-state index in [0.29, 0.717) is 0 Å². The molecule has 0 aliphatic rings. The zero-order chi connectivity index (χ0) is 35.8. The number of nitrogens with zero attached hydrogens (tertiary/aromatic N) is 1. The van der Waals surface area contributed by atoms with Gasteiger partial charge in [-0.25, -0.2) is 0 Å². The molecule has 254 valence electrons. The molecule has 2 heteroatoms. The molecular formula is C52H35NS. The highest BCUT2D eigenvalue weighted by molar-refractivity contribution is 7.25. The first kappa shape index (κ1) is 32.0. The first-order chi connectivity index (χ1) is 26.7. The number of benzene rings is 9. The molecule has 0 fully saturated rings. The second kappa shape index (κ2) is 13.7. The fraction of sp³-hybridized carbons (Fsp3) is 0. The van der Waals surface area contributed by atoms with Crippen LogP contribution < -0.4 is 4.90 Å². The number of hydrogen-bond donors (Lipinski definition) is 0. The summed E-state index contributed by atoms with van der Waals surface area (Å²) in [6, 6.07) is 77.1. The van der Waals surface area contributed by atoms with Crippen LogP contribution in [-0.2, 0) is 0 Å². The van der Waals surface area contributed by atoms with Crippen molar-refractivity contribution < 1.29 is 0 Å². The summed E-state index contributed by atoms with van der Waals surface area (Å²) in [6.07, 6.45) is 0. The summed E-state index contributed by atoms with van der Waals surface area (Å²) >= 11 is 1.86. The van der Waals surface area contributed by atoms with Gasteiger partial charge in [0.25, 0.3) is 0 Å². The molecule has 0 amide bonds. The number of fused-ring (bicyclic) bond motifs is 4. The topological polar surface area (TPSA) is 3.24 Å². The molecule has 0 bridgehead atoms. The molecule has 1 aromatic heterocycles. The van der Waals surface area contributed by atoms with E-state index in [2.05, 4.69) is 217 Å². The van der Waals surface area contributed by atoms with E-state index >= 15 is 0 Å². The van der Waals surface area contributed by atoms with Crippen LogP contribution in [0.2, 0.25) is 0 Å². The van der Waals surface area contributed by atoms with Crippen molar-refractivity contribution in [2.45, 2.75) is 0 Å². The van der Waals surface area contributed by atoms with Crippen molar-refractivity contribution in [1.82, 2.24) is 0 Å². The normalized spacial score (nSPS) is 11.3. The lowest BCUT2D eigenvalue weighted by Gasteiger charge is -2.26. The van der Waals surface area contributed by atoms with Gasteiger partial charge in [0.2, 0.25) is 0 Å². The molecule has 0 unspecified atom stereocenters. The van der Waals surface area contributed by atoms with E-state index in [1.165, 1.54) is 75.5 Å². The molecule has 0 aliphatic carbocycles. The Morgan fingerprint density at radius 3 is 1.44 bits per heavy atom. The highest BCUT2D eigenvalue weighted by atomic mass is 32.1. The van der Waals surface area contributed by atoms with Gasteiger partial charge in [-0.05, 0) is 116 Å². The summed E-state index contributed by atoms with van der Waals surface area (Å²) in [5.74, 6) is 0. The first-order valence-electron chi connectivity index (χ1n) is 18.4. The Morgan fingerprint density at radius 2 is 0.741 bits per heavy atom. The number of hydrogen-bond acceptors (Lipinski definition) is 2. The smallest absolute Gasteiger partial charge is 0.0462 e. The summed E-state index contributed by atoms with van der Waals surface area (Å²) in [6.45, 7) is 0. The molecule has 0 spiro atoms. The van der Waals surface area contributed by atoms with E-state index < -0.39 is 0 Å². The SMILES string of the molecule is c1ccc(-c2ccc(N(c3ccc(-c4cccc(-c5cccc6ccccc56)c4)cc3)c3ccc(-c4ccc5sc6ccccc6c5c4)cc3)cc2)cc1. The van der Waals surface area contributed by atoms with Crippen LogP contribution >= 0.6 is 11.3 Å². The van der Waals surface area contributed by atoms with Crippen LogP contribution in [0.4, 0.5) is 17.1 Å². The Hall–Kier alpha value is -6.74. The van der Waals surface area contributed by atoms with Gasteiger partial charge in [0.15, 0.2) is 0 Å². The van der Waals surface area contributed by atoms with Crippen molar-refractivity contribution in [3.05, 3.63) is 212 Å².